The first-order chi connectivity index (χ1) is 16.5. The maximum atomic E-state index is 13.0. The summed E-state index contributed by atoms with van der Waals surface area (Å²) in [6, 6.07) is 14.2. The Balaban J connectivity index is 1.19. The van der Waals surface area contributed by atoms with Gasteiger partial charge in [-0.25, -0.2) is 9.37 Å². The number of likely N-dealkylation sites (tertiary alicyclic amines) is 1. The van der Waals surface area contributed by atoms with E-state index in [0.29, 0.717) is 25.2 Å². The Morgan fingerprint density at radius 2 is 1.85 bits per heavy atom. The standard InChI is InChI=1S/C27H34FN3O3/c1-2-26-29-13-17-31(26)14-4-18-33-25-6-3-5-22(19-25)20-30-15-11-27(32,12-16-30)21-34-24-9-7-23(28)8-10-24/h3,5-10,13,17,19,32H,2,4,11-12,14-16,18,20-21H2,1H3. The highest BCUT2D eigenvalue weighted by Crippen LogP contribution is 2.25. The molecule has 2 heterocycles. The van der Waals surface area contributed by atoms with Gasteiger partial charge in [0, 0.05) is 45.0 Å². The molecule has 1 N–H and O–H groups in total. The van der Waals surface area contributed by atoms with Crippen molar-refractivity contribution in [2.45, 2.75) is 51.3 Å². The van der Waals surface area contributed by atoms with E-state index in [4.69, 9.17) is 9.47 Å². The number of aliphatic hydroxyl groups is 1. The molecule has 2 aromatic carbocycles. The number of halogens is 1. The number of hydrogen-bond acceptors (Lipinski definition) is 5. The Bertz CT molecular complexity index is 1030. The Morgan fingerprint density at radius 1 is 1.06 bits per heavy atom. The first-order valence-electron chi connectivity index (χ1n) is 12.1. The van der Waals surface area contributed by atoms with Gasteiger partial charge in [-0.15, -0.1) is 0 Å². The lowest BCUT2D eigenvalue weighted by Crippen LogP contribution is -2.47. The van der Waals surface area contributed by atoms with Crippen LogP contribution in [0.5, 0.6) is 11.5 Å². The Hall–Kier alpha value is -2.90. The number of hydrogen-bond donors (Lipinski definition) is 1. The van der Waals surface area contributed by atoms with Crippen molar-refractivity contribution in [3.8, 4) is 11.5 Å². The minimum atomic E-state index is -0.858. The van der Waals surface area contributed by atoms with E-state index >= 15 is 0 Å². The molecule has 1 aliphatic heterocycles. The predicted octanol–water partition coefficient (Wildman–Crippen LogP) is 4.46. The summed E-state index contributed by atoms with van der Waals surface area (Å²) in [5, 5.41) is 10.9. The summed E-state index contributed by atoms with van der Waals surface area (Å²) in [6.45, 7) is 6.30. The van der Waals surface area contributed by atoms with Crippen LogP contribution in [0.4, 0.5) is 4.39 Å². The van der Waals surface area contributed by atoms with Gasteiger partial charge in [-0.05, 0) is 61.2 Å². The average molecular weight is 468 g/mol. The largest absolute Gasteiger partial charge is 0.494 e. The lowest BCUT2D eigenvalue weighted by atomic mass is 9.92. The number of imidazole rings is 1. The molecule has 0 aliphatic carbocycles. The van der Waals surface area contributed by atoms with E-state index in [2.05, 4.69) is 33.5 Å². The Kier molecular flexibility index (Phi) is 8.19. The van der Waals surface area contributed by atoms with E-state index in [1.165, 1.54) is 17.7 Å². The molecule has 0 saturated carbocycles. The average Bonchev–Trinajstić information content (AvgIpc) is 3.31. The highest BCUT2D eigenvalue weighted by Gasteiger charge is 2.33. The molecule has 182 valence electrons. The Morgan fingerprint density at radius 3 is 2.62 bits per heavy atom. The quantitative estimate of drug-likeness (QED) is 0.422. The zero-order valence-corrected chi connectivity index (χ0v) is 19.8. The number of aryl methyl sites for hydroxylation is 2. The molecular weight excluding hydrogens is 433 g/mol. The number of benzene rings is 2. The summed E-state index contributed by atoms with van der Waals surface area (Å²) in [5.41, 5.74) is 0.344. The summed E-state index contributed by atoms with van der Waals surface area (Å²) in [7, 11) is 0. The number of rotatable bonds is 11. The highest BCUT2D eigenvalue weighted by atomic mass is 19.1. The lowest BCUT2D eigenvalue weighted by Gasteiger charge is -2.38. The molecule has 1 aliphatic rings. The number of nitrogens with zero attached hydrogens (tertiary/aromatic N) is 3. The van der Waals surface area contributed by atoms with E-state index in [1.807, 2.05) is 24.5 Å². The number of aromatic nitrogens is 2. The van der Waals surface area contributed by atoms with E-state index in [1.54, 1.807) is 12.1 Å². The summed E-state index contributed by atoms with van der Waals surface area (Å²) < 4.78 is 26.9. The van der Waals surface area contributed by atoms with Gasteiger partial charge in [0.15, 0.2) is 0 Å². The van der Waals surface area contributed by atoms with Crippen molar-refractivity contribution in [2.75, 3.05) is 26.3 Å². The minimum Gasteiger partial charge on any atom is -0.494 e. The molecule has 0 bridgehead atoms. The molecular formula is C27H34FN3O3. The third-order valence-electron chi connectivity index (χ3n) is 6.34. The van der Waals surface area contributed by atoms with Crippen LogP contribution in [0.3, 0.4) is 0 Å². The van der Waals surface area contributed by atoms with Crippen LogP contribution in [0.2, 0.25) is 0 Å². The molecule has 4 rings (SSSR count). The third-order valence-corrected chi connectivity index (χ3v) is 6.34. The predicted molar refractivity (Wildman–Crippen MR) is 130 cm³/mol. The third kappa shape index (κ3) is 6.81. The molecule has 0 spiro atoms. The first-order valence-corrected chi connectivity index (χ1v) is 12.1. The number of ether oxygens (including phenoxy) is 2. The molecule has 0 radical (unpaired) electrons. The van der Waals surface area contributed by atoms with Crippen LogP contribution in [-0.4, -0.2) is 51.5 Å². The van der Waals surface area contributed by atoms with Gasteiger partial charge in [0.1, 0.15) is 35.3 Å². The van der Waals surface area contributed by atoms with Gasteiger partial charge in [0.25, 0.3) is 0 Å². The molecule has 0 amide bonds. The second kappa shape index (κ2) is 11.5. The molecule has 1 saturated heterocycles. The summed E-state index contributed by atoms with van der Waals surface area (Å²) >= 11 is 0. The zero-order valence-electron chi connectivity index (χ0n) is 19.8. The van der Waals surface area contributed by atoms with Gasteiger partial charge < -0.3 is 19.1 Å². The van der Waals surface area contributed by atoms with Gasteiger partial charge >= 0.3 is 0 Å². The lowest BCUT2D eigenvalue weighted by molar-refractivity contribution is -0.0537. The SMILES string of the molecule is CCc1nccn1CCCOc1cccc(CN2CCC(O)(COc3ccc(F)cc3)CC2)c1. The maximum absolute atomic E-state index is 13.0. The van der Waals surface area contributed by atoms with Crippen molar-refractivity contribution in [1.82, 2.24) is 14.5 Å². The van der Waals surface area contributed by atoms with Crippen LogP contribution in [0.25, 0.3) is 0 Å². The van der Waals surface area contributed by atoms with E-state index in [-0.39, 0.29) is 12.4 Å². The molecule has 34 heavy (non-hydrogen) atoms. The van der Waals surface area contributed by atoms with Crippen LogP contribution < -0.4 is 9.47 Å². The molecule has 0 unspecified atom stereocenters. The summed E-state index contributed by atoms with van der Waals surface area (Å²) in [6.07, 6.45) is 7.01. The molecule has 7 heteroatoms. The van der Waals surface area contributed by atoms with Crippen molar-refractivity contribution in [3.63, 3.8) is 0 Å². The van der Waals surface area contributed by atoms with Crippen LogP contribution in [0.15, 0.2) is 60.9 Å². The molecule has 0 atom stereocenters. The van der Waals surface area contributed by atoms with Crippen LogP contribution >= 0.6 is 0 Å². The van der Waals surface area contributed by atoms with Crippen LogP contribution in [0, 0.1) is 5.82 Å². The smallest absolute Gasteiger partial charge is 0.123 e. The Labute approximate surface area is 201 Å². The number of piperidine rings is 1. The van der Waals surface area contributed by atoms with Gasteiger partial charge in [-0.2, -0.15) is 0 Å². The van der Waals surface area contributed by atoms with Gasteiger partial charge in [0.2, 0.25) is 0 Å². The van der Waals surface area contributed by atoms with Crippen LogP contribution in [0.1, 0.15) is 37.6 Å². The second-order valence-corrected chi connectivity index (χ2v) is 8.98. The van der Waals surface area contributed by atoms with Crippen molar-refractivity contribution in [3.05, 3.63) is 78.1 Å². The van der Waals surface area contributed by atoms with E-state index in [9.17, 15) is 9.50 Å². The van der Waals surface area contributed by atoms with E-state index < -0.39 is 5.60 Å². The first kappa shape index (κ1) is 24.2. The normalized spacial score (nSPS) is 15.9. The monoisotopic (exact) mass is 467 g/mol. The fourth-order valence-corrected chi connectivity index (χ4v) is 4.29. The second-order valence-electron chi connectivity index (χ2n) is 8.98. The van der Waals surface area contributed by atoms with Crippen molar-refractivity contribution >= 4 is 0 Å². The maximum Gasteiger partial charge on any atom is 0.123 e. The van der Waals surface area contributed by atoms with Crippen molar-refractivity contribution < 1.29 is 19.0 Å². The molecule has 1 fully saturated rings. The fraction of sp³-hybridized carbons (Fsp3) is 0.444. The minimum absolute atomic E-state index is 0.217. The van der Waals surface area contributed by atoms with Crippen molar-refractivity contribution in [2.24, 2.45) is 0 Å². The van der Waals surface area contributed by atoms with Gasteiger partial charge in [-0.1, -0.05) is 19.1 Å². The molecule has 3 aromatic rings. The summed E-state index contributed by atoms with van der Waals surface area (Å²) in [4.78, 5) is 6.70. The van der Waals surface area contributed by atoms with Crippen molar-refractivity contribution in [1.29, 1.82) is 0 Å². The molecule has 6 nitrogen and oxygen atoms in total. The molecule has 1 aromatic heterocycles. The van der Waals surface area contributed by atoms with Gasteiger partial charge in [-0.3, -0.25) is 4.90 Å². The van der Waals surface area contributed by atoms with Crippen LogP contribution in [-0.2, 0) is 19.5 Å². The topological polar surface area (TPSA) is 59.8 Å². The summed E-state index contributed by atoms with van der Waals surface area (Å²) in [5.74, 6) is 2.27. The zero-order chi connectivity index (χ0) is 23.8. The van der Waals surface area contributed by atoms with E-state index in [0.717, 1.165) is 50.6 Å². The highest BCUT2D eigenvalue weighted by molar-refractivity contribution is 5.28. The fourth-order valence-electron chi connectivity index (χ4n) is 4.29. The van der Waals surface area contributed by atoms with Gasteiger partial charge in [0.05, 0.1) is 6.61 Å².